The van der Waals surface area contributed by atoms with Gasteiger partial charge >= 0.3 is 0 Å². The summed E-state index contributed by atoms with van der Waals surface area (Å²) in [5.74, 6) is 0.363. The molecule has 1 N–H and O–H groups in total. The van der Waals surface area contributed by atoms with Crippen LogP contribution in [0.5, 0.6) is 0 Å². The molecule has 1 saturated heterocycles. The molecule has 2 aliphatic rings. The maximum Gasteiger partial charge on any atom is 0.180 e. The highest BCUT2D eigenvalue weighted by Crippen LogP contribution is 2.44. The minimum absolute atomic E-state index is 0.253. The number of aliphatic hydroxyl groups excluding tert-OH is 1. The normalized spacial score (nSPS) is 33.1. The first-order chi connectivity index (χ1) is 7.95. The van der Waals surface area contributed by atoms with Crippen molar-refractivity contribution >= 4 is 8.07 Å². The van der Waals surface area contributed by atoms with Crippen molar-refractivity contribution < 1.29 is 14.6 Å². The van der Waals surface area contributed by atoms with Crippen molar-refractivity contribution in [2.45, 2.75) is 38.5 Å². The standard InChI is InChI=1S/C13H22O3Si/c1-5-6-15-13-11-9(8-16-13)7-10(14)12(11)17(2,3)4/h5,9-10,13-14H,1,6-8H2,2-4H3/t9-,10-,13-/m0/s1. The summed E-state index contributed by atoms with van der Waals surface area (Å²) in [4.78, 5) is 0. The molecule has 3 nitrogen and oxygen atoms in total. The number of rotatable bonds is 4. The van der Waals surface area contributed by atoms with Gasteiger partial charge in [0.15, 0.2) is 6.29 Å². The highest BCUT2D eigenvalue weighted by Gasteiger charge is 2.45. The Bertz CT molecular complexity index is 343. The first-order valence-corrected chi connectivity index (χ1v) is 9.71. The molecule has 17 heavy (non-hydrogen) atoms. The van der Waals surface area contributed by atoms with Gasteiger partial charge in [-0.3, -0.25) is 0 Å². The Morgan fingerprint density at radius 2 is 2.24 bits per heavy atom. The molecule has 0 spiro atoms. The molecular formula is C13H22O3Si. The molecule has 2 rings (SSSR count). The van der Waals surface area contributed by atoms with Gasteiger partial charge in [-0.1, -0.05) is 25.7 Å². The fourth-order valence-corrected chi connectivity index (χ4v) is 5.23. The van der Waals surface area contributed by atoms with E-state index < -0.39 is 8.07 Å². The van der Waals surface area contributed by atoms with Gasteiger partial charge in [0.25, 0.3) is 0 Å². The lowest BCUT2D eigenvalue weighted by Gasteiger charge is -2.25. The summed E-state index contributed by atoms with van der Waals surface area (Å²) in [7, 11) is -1.51. The zero-order valence-corrected chi connectivity index (χ0v) is 11.9. The molecule has 1 fully saturated rings. The van der Waals surface area contributed by atoms with E-state index in [1.807, 2.05) is 0 Å². The Morgan fingerprint density at radius 1 is 1.53 bits per heavy atom. The van der Waals surface area contributed by atoms with Gasteiger partial charge in [0, 0.05) is 5.92 Å². The van der Waals surface area contributed by atoms with Crippen LogP contribution in [0.3, 0.4) is 0 Å². The van der Waals surface area contributed by atoms with E-state index in [1.54, 1.807) is 6.08 Å². The lowest BCUT2D eigenvalue weighted by Crippen LogP contribution is -2.32. The summed E-state index contributed by atoms with van der Waals surface area (Å²) >= 11 is 0. The molecule has 0 radical (unpaired) electrons. The second-order valence-corrected chi connectivity index (χ2v) is 10.9. The highest BCUT2D eigenvalue weighted by atomic mass is 28.3. The molecule has 0 saturated carbocycles. The monoisotopic (exact) mass is 254 g/mol. The number of hydrogen-bond donors (Lipinski definition) is 1. The molecule has 4 heteroatoms. The Labute approximate surface area is 104 Å². The molecule has 1 heterocycles. The predicted molar refractivity (Wildman–Crippen MR) is 70.4 cm³/mol. The van der Waals surface area contributed by atoms with Gasteiger partial charge < -0.3 is 14.6 Å². The van der Waals surface area contributed by atoms with E-state index in [0.717, 1.165) is 6.42 Å². The van der Waals surface area contributed by atoms with E-state index in [0.29, 0.717) is 19.1 Å². The van der Waals surface area contributed by atoms with Crippen LogP contribution in [-0.4, -0.2) is 38.8 Å². The summed E-state index contributed by atoms with van der Waals surface area (Å²) in [6.45, 7) is 11.6. The Morgan fingerprint density at radius 3 is 2.82 bits per heavy atom. The van der Waals surface area contributed by atoms with E-state index in [1.165, 1.54) is 10.8 Å². The first-order valence-electron chi connectivity index (χ1n) is 6.21. The second-order valence-electron chi connectivity index (χ2n) is 5.85. The molecule has 3 atom stereocenters. The average Bonchev–Trinajstić information content (AvgIpc) is 2.71. The van der Waals surface area contributed by atoms with Crippen molar-refractivity contribution in [3.63, 3.8) is 0 Å². The third-order valence-electron chi connectivity index (χ3n) is 3.47. The summed E-state index contributed by atoms with van der Waals surface area (Å²) < 4.78 is 11.3. The van der Waals surface area contributed by atoms with Gasteiger partial charge in [0.1, 0.15) is 0 Å². The van der Waals surface area contributed by atoms with Crippen LogP contribution in [0.4, 0.5) is 0 Å². The summed E-state index contributed by atoms with van der Waals surface area (Å²) in [6, 6.07) is 0. The topological polar surface area (TPSA) is 38.7 Å². The van der Waals surface area contributed by atoms with E-state index in [9.17, 15) is 5.11 Å². The van der Waals surface area contributed by atoms with Crippen molar-refractivity contribution in [1.82, 2.24) is 0 Å². The Balaban J connectivity index is 2.29. The maximum absolute atomic E-state index is 10.2. The molecule has 1 aliphatic heterocycles. The van der Waals surface area contributed by atoms with E-state index in [-0.39, 0.29) is 12.4 Å². The third kappa shape index (κ3) is 2.40. The molecule has 0 bridgehead atoms. The fourth-order valence-electron chi connectivity index (χ4n) is 2.92. The quantitative estimate of drug-likeness (QED) is 0.617. The molecule has 0 unspecified atom stereocenters. The van der Waals surface area contributed by atoms with E-state index in [4.69, 9.17) is 9.47 Å². The fraction of sp³-hybridized carbons (Fsp3) is 0.692. The number of ether oxygens (including phenoxy) is 2. The lowest BCUT2D eigenvalue weighted by molar-refractivity contribution is -0.0856. The average molecular weight is 254 g/mol. The zero-order chi connectivity index (χ0) is 12.6. The summed E-state index contributed by atoms with van der Waals surface area (Å²) in [5, 5.41) is 11.5. The van der Waals surface area contributed by atoms with Crippen LogP contribution in [0.15, 0.2) is 23.4 Å². The molecule has 0 aromatic carbocycles. The van der Waals surface area contributed by atoms with Gasteiger partial charge in [-0.15, -0.1) is 6.58 Å². The van der Waals surface area contributed by atoms with Crippen LogP contribution in [0.25, 0.3) is 0 Å². The van der Waals surface area contributed by atoms with Crippen LogP contribution in [0.2, 0.25) is 19.6 Å². The predicted octanol–water partition coefficient (Wildman–Crippen LogP) is 2.10. The SMILES string of the molecule is C=CCO[C@H]1OC[C@@H]2C[C@H](O)C([Si](C)(C)C)=C21. The van der Waals surface area contributed by atoms with Crippen molar-refractivity contribution in [3.8, 4) is 0 Å². The summed E-state index contributed by atoms with van der Waals surface area (Å²) in [5.41, 5.74) is 1.23. The van der Waals surface area contributed by atoms with Crippen LogP contribution in [0.1, 0.15) is 6.42 Å². The van der Waals surface area contributed by atoms with Crippen molar-refractivity contribution in [2.75, 3.05) is 13.2 Å². The Kier molecular flexibility index (Phi) is 3.59. The molecule has 0 aromatic rings. The van der Waals surface area contributed by atoms with Gasteiger partial charge in [0.05, 0.1) is 27.4 Å². The van der Waals surface area contributed by atoms with Crippen LogP contribution >= 0.6 is 0 Å². The number of fused-ring (bicyclic) bond motifs is 1. The van der Waals surface area contributed by atoms with Crippen molar-refractivity contribution in [3.05, 3.63) is 23.4 Å². The van der Waals surface area contributed by atoms with Gasteiger partial charge in [0.2, 0.25) is 0 Å². The van der Waals surface area contributed by atoms with Crippen molar-refractivity contribution in [2.24, 2.45) is 5.92 Å². The molecule has 96 valence electrons. The molecule has 0 aromatic heterocycles. The maximum atomic E-state index is 10.2. The minimum atomic E-state index is -1.51. The third-order valence-corrected chi connectivity index (χ3v) is 5.71. The largest absolute Gasteiger partial charge is 0.389 e. The van der Waals surface area contributed by atoms with E-state index in [2.05, 4.69) is 26.2 Å². The first kappa shape index (κ1) is 13.0. The Hall–Kier alpha value is -0.423. The smallest absolute Gasteiger partial charge is 0.180 e. The van der Waals surface area contributed by atoms with Crippen LogP contribution in [0, 0.1) is 5.92 Å². The molecular weight excluding hydrogens is 232 g/mol. The van der Waals surface area contributed by atoms with Gasteiger partial charge in [-0.05, 0) is 17.2 Å². The number of aliphatic hydroxyl groups is 1. The van der Waals surface area contributed by atoms with Gasteiger partial charge in [-0.2, -0.15) is 0 Å². The second kappa shape index (κ2) is 4.69. The highest BCUT2D eigenvalue weighted by molar-refractivity contribution is 6.83. The van der Waals surface area contributed by atoms with Crippen molar-refractivity contribution in [1.29, 1.82) is 0 Å². The zero-order valence-electron chi connectivity index (χ0n) is 10.9. The molecule has 0 amide bonds. The van der Waals surface area contributed by atoms with Crippen LogP contribution < -0.4 is 0 Å². The van der Waals surface area contributed by atoms with Gasteiger partial charge in [-0.25, -0.2) is 0 Å². The molecule has 1 aliphatic carbocycles. The summed E-state index contributed by atoms with van der Waals surface area (Å²) in [6.07, 6.45) is 2.01. The lowest BCUT2D eigenvalue weighted by atomic mass is 10.1. The number of hydrogen-bond acceptors (Lipinski definition) is 3. The minimum Gasteiger partial charge on any atom is -0.389 e. The van der Waals surface area contributed by atoms with E-state index >= 15 is 0 Å². The van der Waals surface area contributed by atoms with Crippen LogP contribution in [-0.2, 0) is 9.47 Å².